The van der Waals surface area contributed by atoms with E-state index in [0.29, 0.717) is 12.5 Å². The second kappa shape index (κ2) is 6.83. The van der Waals surface area contributed by atoms with Crippen LogP contribution in [0.25, 0.3) is 0 Å². The second-order valence-corrected chi connectivity index (χ2v) is 4.60. The molecule has 1 aliphatic heterocycles. The first-order valence-corrected chi connectivity index (χ1v) is 5.98. The molecule has 1 saturated heterocycles. The third kappa shape index (κ3) is 4.47. The van der Waals surface area contributed by atoms with Crippen LogP contribution in [0.15, 0.2) is 0 Å². The van der Waals surface area contributed by atoms with Crippen LogP contribution in [0.4, 0.5) is 0 Å². The van der Waals surface area contributed by atoms with Crippen molar-refractivity contribution in [3.8, 4) is 0 Å². The van der Waals surface area contributed by atoms with Crippen molar-refractivity contribution in [2.45, 2.75) is 25.4 Å². The molecule has 0 spiro atoms. The molecular weight excluding hydrogens is 206 g/mol. The fourth-order valence-electron chi connectivity index (χ4n) is 2.13. The monoisotopic (exact) mass is 229 g/mol. The molecule has 0 aromatic rings. The molecule has 1 aliphatic rings. The number of piperidine rings is 1. The highest BCUT2D eigenvalue weighted by Gasteiger charge is 2.17. The molecule has 0 radical (unpaired) electrons. The van der Waals surface area contributed by atoms with Crippen LogP contribution in [-0.4, -0.2) is 55.2 Å². The first-order chi connectivity index (χ1) is 7.63. The van der Waals surface area contributed by atoms with Gasteiger partial charge in [0, 0.05) is 19.6 Å². The summed E-state index contributed by atoms with van der Waals surface area (Å²) >= 11 is 0. The summed E-state index contributed by atoms with van der Waals surface area (Å²) < 4.78 is 0. The fraction of sp³-hybridized carbons (Fsp3) is 0.909. The minimum Gasteiger partial charge on any atom is -0.382 e. The lowest BCUT2D eigenvalue weighted by atomic mass is 9.95. The molecule has 1 rings (SSSR count). The van der Waals surface area contributed by atoms with Crippen LogP contribution in [0.2, 0.25) is 0 Å². The Morgan fingerprint density at radius 2 is 2.44 bits per heavy atom. The number of aliphatic hydroxyl groups is 1. The zero-order valence-corrected chi connectivity index (χ0v) is 9.98. The number of likely N-dealkylation sites (tertiary alicyclic amines) is 1. The number of hydrogen-bond donors (Lipinski definition) is 3. The number of carbonyl (C=O) groups is 1. The molecule has 0 aliphatic carbocycles. The smallest absolute Gasteiger partial charge is 0.250 e. The van der Waals surface area contributed by atoms with Crippen molar-refractivity contribution in [2.24, 2.45) is 11.7 Å². The highest BCUT2D eigenvalue weighted by Crippen LogP contribution is 2.17. The Balaban J connectivity index is 2.12. The third-order valence-corrected chi connectivity index (χ3v) is 3.10. The van der Waals surface area contributed by atoms with E-state index in [2.05, 4.69) is 17.3 Å². The van der Waals surface area contributed by atoms with Crippen molar-refractivity contribution < 1.29 is 9.90 Å². The Morgan fingerprint density at radius 3 is 3.06 bits per heavy atom. The van der Waals surface area contributed by atoms with Crippen LogP contribution in [-0.2, 0) is 4.79 Å². The summed E-state index contributed by atoms with van der Waals surface area (Å²) in [5.41, 5.74) is 5.19. The highest BCUT2D eigenvalue weighted by molar-refractivity contribution is 5.80. The van der Waals surface area contributed by atoms with E-state index in [1.807, 2.05) is 0 Å². The number of nitrogens with one attached hydrogen (secondary N) is 1. The second-order valence-electron chi connectivity index (χ2n) is 4.60. The number of nitrogens with two attached hydrogens (primary N) is 1. The van der Waals surface area contributed by atoms with Gasteiger partial charge in [-0.05, 0) is 38.8 Å². The number of hydrogen-bond acceptors (Lipinski definition) is 4. The lowest BCUT2D eigenvalue weighted by Crippen LogP contribution is -2.40. The number of rotatable bonds is 5. The van der Waals surface area contributed by atoms with Crippen molar-refractivity contribution in [3.05, 3.63) is 0 Å². The van der Waals surface area contributed by atoms with Crippen molar-refractivity contribution >= 4 is 5.91 Å². The lowest BCUT2D eigenvalue weighted by Gasteiger charge is -2.29. The predicted molar refractivity (Wildman–Crippen MR) is 62.9 cm³/mol. The quantitative estimate of drug-likeness (QED) is 0.574. The van der Waals surface area contributed by atoms with E-state index in [1.54, 1.807) is 0 Å². The summed E-state index contributed by atoms with van der Waals surface area (Å²) in [6.07, 6.45) is 2.39. The lowest BCUT2D eigenvalue weighted by molar-refractivity contribution is -0.128. The molecule has 1 fully saturated rings. The molecule has 2 atom stereocenters. The molecule has 0 bridgehead atoms. The molecule has 16 heavy (non-hydrogen) atoms. The SMILES string of the molecule is CN1CCCC(CCNC(=O)C(O)CN)C1. The van der Waals surface area contributed by atoms with Gasteiger partial charge in [-0.25, -0.2) is 0 Å². The fourth-order valence-corrected chi connectivity index (χ4v) is 2.13. The van der Waals surface area contributed by atoms with Gasteiger partial charge in [0.1, 0.15) is 6.10 Å². The molecule has 2 unspecified atom stereocenters. The minimum absolute atomic E-state index is 0.0159. The molecule has 0 saturated carbocycles. The standard InChI is InChI=1S/C11H23N3O2/c1-14-6-2-3-9(8-14)4-5-13-11(16)10(15)7-12/h9-10,15H,2-8,12H2,1H3,(H,13,16). The Hall–Kier alpha value is -0.650. The molecule has 1 amide bonds. The Morgan fingerprint density at radius 1 is 1.69 bits per heavy atom. The summed E-state index contributed by atoms with van der Waals surface area (Å²) in [4.78, 5) is 13.6. The summed E-state index contributed by atoms with van der Waals surface area (Å²) in [5.74, 6) is 0.306. The van der Waals surface area contributed by atoms with Crippen molar-refractivity contribution in [3.63, 3.8) is 0 Å². The van der Waals surface area contributed by atoms with Gasteiger partial charge in [-0.1, -0.05) is 0 Å². The number of aliphatic hydroxyl groups excluding tert-OH is 1. The molecule has 94 valence electrons. The Kier molecular flexibility index (Phi) is 5.73. The van der Waals surface area contributed by atoms with Gasteiger partial charge >= 0.3 is 0 Å². The van der Waals surface area contributed by atoms with Crippen molar-refractivity contribution in [1.29, 1.82) is 0 Å². The van der Waals surface area contributed by atoms with Crippen LogP contribution in [0.3, 0.4) is 0 Å². The van der Waals surface area contributed by atoms with Crippen LogP contribution in [0.5, 0.6) is 0 Å². The molecular formula is C11H23N3O2. The molecule has 5 nitrogen and oxygen atoms in total. The van der Waals surface area contributed by atoms with Gasteiger partial charge in [0.05, 0.1) is 0 Å². The van der Waals surface area contributed by atoms with Crippen molar-refractivity contribution in [1.82, 2.24) is 10.2 Å². The average molecular weight is 229 g/mol. The summed E-state index contributed by atoms with van der Waals surface area (Å²) in [5, 5.41) is 11.9. The topological polar surface area (TPSA) is 78.6 Å². The van der Waals surface area contributed by atoms with E-state index in [1.165, 1.54) is 19.4 Å². The van der Waals surface area contributed by atoms with Crippen LogP contribution in [0, 0.1) is 5.92 Å². The van der Waals surface area contributed by atoms with Crippen molar-refractivity contribution in [2.75, 3.05) is 33.2 Å². The summed E-state index contributed by atoms with van der Waals surface area (Å²) in [6, 6.07) is 0. The molecule has 5 heteroatoms. The number of carbonyl (C=O) groups excluding carboxylic acids is 1. The van der Waals surface area contributed by atoms with Crippen LogP contribution in [0.1, 0.15) is 19.3 Å². The van der Waals surface area contributed by atoms with E-state index in [9.17, 15) is 4.79 Å². The number of amides is 1. The molecule has 1 heterocycles. The predicted octanol–water partition coefficient (Wildman–Crippen LogP) is -0.846. The Labute approximate surface area is 97.0 Å². The molecule has 0 aromatic heterocycles. The van der Waals surface area contributed by atoms with Crippen LogP contribution >= 0.6 is 0 Å². The van der Waals surface area contributed by atoms with Crippen LogP contribution < -0.4 is 11.1 Å². The largest absolute Gasteiger partial charge is 0.382 e. The molecule has 4 N–H and O–H groups in total. The average Bonchev–Trinajstić information content (AvgIpc) is 2.28. The summed E-state index contributed by atoms with van der Waals surface area (Å²) in [7, 11) is 2.13. The van der Waals surface area contributed by atoms with E-state index in [-0.39, 0.29) is 12.5 Å². The van der Waals surface area contributed by atoms with E-state index >= 15 is 0 Å². The van der Waals surface area contributed by atoms with E-state index < -0.39 is 6.10 Å². The van der Waals surface area contributed by atoms with Gasteiger partial charge in [0.15, 0.2) is 0 Å². The maximum Gasteiger partial charge on any atom is 0.250 e. The maximum atomic E-state index is 11.2. The first-order valence-electron chi connectivity index (χ1n) is 5.98. The van der Waals surface area contributed by atoms with Gasteiger partial charge in [-0.15, -0.1) is 0 Å². The van der Waals surface area contributed by atoms with Gasteiger partial charge in [0.2, 0.25) is 5.91 Å². The first kappa shape index (κ1) is 13.4. The third-order valence-electron chi connectivity index (χ3n) is 3.10. The zero-order valence-electron chi connectivity index (χ0n) is 9.98. The van der Waals surface area contributed by atoms with Gasteiger partial charge in [0.25, 0.3) is 0 Å². The maximum absolute atomic E-state index is 11.2. The minimum atomic E-state index is -1.06. The van der Waals surface area contributed by atoms with Gasteiger partial charge < -0.3 is 21.1 Å². The van der Waals surface area contributed by atoms with Gasteiger partial charge in [-0.2, -0.15) is 0 Å². The number of nitrogens with zero attached hydrogens (tertiary/aromatic N) is 1. The highest BCUT2D eigenvalue weighted by atomic mass is 16.3. The van der Waals surface area contributed by atoms with Gasteiger partial charge in [-0.3, -0.25) is 4.79 Å². The van der Waals surface area contributed by atoms with E-state index in [0.717, 1.165) is 13.0 Å². The van der Waals surface area contributed by atoms with E-state index in [4.69, 9.17) is 10.8 Å². The normalized spacial score (nSPS) is 24.1. The Bertz CT molecular complexity index is 223. The zero-order chi connectivity index (χ0) is 12.0. The molecule has 0 aromatic carbocycles. The summed E-state index contributed by atoms with van der Waals surface area (Å²) in [6.45, 7) is 2.90.